The number of nitrogens with one attached hydrogen (secondary N) is 1. The number of rotatable bonds is 10. The SMILES string of the molecule is CCCCOc1ccc(C=NNC(=O)c2ccc(OC(F)(F)C(F)F)cc2)cc1. The standard InChI is InChI=1S/C20H20F4N2O3/c1-2-3-12-28-16-8-4-14(5-9-16)13-25-26-18(27)15-6-10-17(11-7-15)29-20(23,24)19(21)22/h4-11,13,19H,2-3,12H2,1H3,(H,26,27). The second-order valence-electron chi connectivity index (χ2n) is 5.96. The van der Waals surface area contributed by atoms with Crippen LogP contribution < -0.4 is 14.9 Å². The van der Waals surface area contributed by atoms with Gasteiger partial charge in [0.05, 0.1) is 12.8 Å². The molecular formula is C20H20F4N2O3. The van der Waals surface area contributed by atoms with Crippen molar-refractivity contribution in [2.75, 3.05) is 6.61 Å². The van der Waals surface area contributed by atoms with Crippen molar-refractivity contribution < 1.29 is 31.8 Å². The van der Waals surface area contributed by atoms with Gasteiger partial charge in [-0.25, -0.2) is 5.43 Å². The number of nitrogens with zero attached hydrogens (tertiary/aromatic N) is 1. The monoisotopic (exact) mass is 412 g/mol. The van der Waals surface area contributed by atoms with E-state index in [1.807, 2.05) is 0 Å². The summed E-state index contributed by atoms with van der Waals surface area (Å²) in [4.78, 5) is 12.0. The summed E-state index contributed by atoms with van der Waals surface area (Å²) in [6.07, 6.45) is -5.13. The van der Waals surface area contributed by atoms with Crippen LogP contribution in [0.1, 0.15) is 35.7 Å². The lowest BCUT2D eigenvalue weighted by atomic mass is 10.2. The van der Waals surface area contributed by atoms with E-state index in [1.54, 1.807) is 24.3 Å². The molecule has 2 aromatic carbocycles. The van der Waals surface area contributed by atoms with E-state index in [0.717, 1.165) is 48.4 Å². The molecule has 1 amide bonds. The molecule has 0 bridgehead atoms. The number of benzene rings is 2. The molecule has 1 N–H and O–H groups in total. The fourth-order valence-electron chi connectivity index (χ4n) is 2.09. The summed E-state index contributed by atoms with van der Waals surface area (Å²) < 4.78 is 59.4. The fourth-order valence-corrected chi connectivity index (χ4v) is 2.09. The van der Waals surface area contributed by atoms with E-state index in [4.69, 9.17) is 4.74 Å². The largest absolute Gasteiger partial charge is 0.494 e. The molecule has 0 aliphatic carbocycles. The molecule has 0 heterocycles. The van der Waals surface area contributed by atoms with Crippen LogP contribution in [0.15, 0.2) is 53.6 Å². The molecule has 0 aliphatic heterocycles. The van der Waals surface area contributed by atoms with Gasteiger partial charge in [-0.1, -0.05) is 13.3 Å². The summed E-state index contributed by atoms with van der Waals surface area (Å²) >= 11 is 0. The molecule has 0 spiro atoms. The van der Waals surface area contributed by atoms with Gasteiger partial charge in [-0.15, -0.1) is 0 Å². The third-order valence-electron chi connectivity index (χ3n) is 3.65. The minimum atomic E-state index is -4.61. The molecule has 29 heavy (non-hydrogen) atoms. The number of hydrazone groups is 1. The maximum absolute atomic E-state index is 12.8. The van der Waals surface area contributed by atoms with Crippen molar-refractivity contribution in [1.29, 1.82) is 0 Å². The van der Waals surface area contributed by atoms with Crippen LogP contribution in [0.25, 0.3) is 0 Å². The predicted molar refractivity (Wildman–Crippen MR) is 99.9 cm³/mol. The Morgan fingerprint density at radius 2 is 1.72 bits per heavy atom. The highest BCUT2D eigenvalue weighted by Crippen LogP contribution is 2.27. The van der Waals surface area contributed by atoms with Gasteiger partial charge in [0.1, 0.15) is 11.5 Å². The maximum Gasteiger partial charge on any atom is 0.461 e. The van der Waals surface area contributed by atoms with E-state index < -0.39 is 24.2 Å². The lowest BCUT2D eigenvalue weighted by Crippen LogP contribution is -2.33. The number of carbonyl (C=O) groups excluding carboxylic acids is 1. The predicted octanol–water partition coefficient (Wildman–Crippen LogP) is 4.87. The van der Waals surface area contributed by atoms with E-state index in [2.05, 4.69) is 22.2 Å². The first kappa shape index (κ1) is 22.2. The highest BCUT2D eigenvalue weighted by Gasteiger charge is 2.43. The first-order valence-electron chi connectivity index (χ1n) is 8.83. The second kappa shape index (κ2) is 10.4. The van der Waals surface area contributed by atoms with Crippen LogP contribution in [0.3, 0.4) is 0 Å². The zero-order chi connectivity index (χ0) is 21.3. The van der Waals surface area contributed by atoms with Gasteiger partial charge >= 0.3 is 12.5 Å². The summed E-state index contributed by atoms with van der Waals surface area (Å²) in [5.41, 5.74) is 3.10. The number of carbonyl (C=O) groups is 1. The van der Waals surface area contributed by atoms with Crippen LogP contribution in [0.4, 0.5) is 17.6 Å². The average molecular weight is 412 g/mol. The zero-order valence-corrected chi connectivity index (χ0v) is 15.6. The van der Waals surface area contributed by atoms with Gasteiger partial charge in [-0.2, -0.15) is 22.7 Å². The Labute approximate surface area is 165 Å². The highest BCUT2D eigenvalue weighted by atomic mass is 19.3. The summed E-state index contributed by atoms with van der Waals surface area (Å²) in [6, 6.07) is 11.4. The molecule has 0 fully saturated rings. The van der Waals surface area contributed by atoms with E-state index in [9.17, 15) is 22.4 Å². The summed E-state index contributed by atoms with van der Waals surface area (Å²) in [5, 5.41) is 3.81. The molecule has 0 aliphatic rings. The van der Waals surface area contributed by atoms with E-state index in [1.165, 1.54) is 6.21 Å². The Kier molecular flexibility index (Phi) is 7.99. The van der Waals surface area contributed by atoms with Crippen molar-refractivity contribution in [3.8, 4) is 11.5 Å². The molecule has 0 radical (unpaired) electrons. The van der Waals surface area contributed by atoms with Gasteiger partial charge in [-0.05, 0) is 60.5 Å². The highest BCUT2D eigenvalue weighted by molar-refractivity contribution is 5.95. The number of ether oxygens (including phenoxy) is 2. The van der Waals surface area contributed by atoms with Crippen LogP contribution >= 0.6 is 0 Å². The van der Waals surface area contributed by atoms with Gasteiger partial charge in [0, 0.05) is 5.56 Å². The minimum absolute atomic E-state index is 0.0922. The van der Waals surface area contributed by atoms with Crippen molar-refractivity contribution >= 4 is 12.1 Å². The van der Waals surface area contributed by atoms with Crippen LogP contribution in [-0.4, -0.2) is 31.3 Å². The second-order valence-corrected chi connectivity index (χ2v) is 5.96. The smallest absolute Gasteiger partial charge is 0.461 e. The van der Waals surface area contributed by atoms with Crippen LogP contribution in [0.5, 0.6) is 11.5 Å². The minimum Gasteiger partial charge on any atom is -0.494 e. The van der Waals surface area contributed by atoms with Gasteiger partial charge in [0.25, 0.3) is 5.91 Å². The number of halogens is 4. The molecule has 2 aromatic rings. The molecule has 0 saturated carbocycles. The van der Waals surface area contributed by atoms with Gasteiger partial charge in [0.2, 0.25) is 0 Å². The molecule has 2 rings (SSSR count). The Morgan fingerprint density at radius 3 is 2.31 bits per heavy atom. The number of hydrogen-bond acceptors (Lipinski definition) is 4. The molecule has 0 unspecified atom stereocenters. The van der Waals surface area contributed by atoms with Gasteiger partial charge in [0.15, 0.2) is 0 Å². The number of alkyl halides is 4. The lowest BCUT2D eigenvalue weighted by Gasteiger charge is -2.16. The quantitative estimate of drug-likeness (QED) is 0.262. The van der Waals surface area contributed by atoms with Crippen molar-refractivity contribution in [2.24, 2.45) is 5.10 Å². The van der Waals surface area contributed by atoms with Crippen LogP contribution in [-0.2, 0) is 0 Å². The van der Waals surface area contributed by atoms with Crippen molar-refractivity contribution in [3.63, 3.8) is 0 Å². The molecule has 0 atom stereocenters. The third-order valence-corrected chi connectivity index (χ3v) is 3.65. The Bertz CT molecular complexity index is 809. The maximum atomic E-state index is 12.8. The van der Waals surface area contributed by atoms with Crippen molar-refractivity contribution in [3.05, 3.63) is 59.7 Å². The molecule has 9 heteroatoms. The molecular weight excluding hydrogens is 392 g/mol. The Morgan fingerprint density at radius 1 is 1.10 bits per heavy atom. The van der Waals surface area contributed by atoms with E-state index >= 15 is 0 Å². The first-order valence-corrected chi connectivity index (χ1v) is 8.83. The summed E-state index contributed by atoms with van der Waals surface area (Å²) in [5.74, 6) is -0.358. The van der Waals surface area contributed by atoms with E-state index in [-0.39, 0.29) is 5.56 Å². The Balaban J connectivity index is 1.87. The first-order chi connectivity index (χ1) is 13.8. The normalized spacial score (nSPS) is 11.7. The average Bonchev–Trinajstić information content (AvgIpc) is 2.69. The number of hydrogen-bond donors (Lipinski definition) is 1. The van der Waals surface area contributed by atoms with E-state index in [0.29, 0.717) is 6.61 Å². The topological polar surface area (TPSA) is 59.9 Å². The van der Waals surface area contributed by atoms with Gasteiger partial charge in [-0.3, -0.25) is 4.79 Å². The van der Waals surface area contributed by atoms with Crippen molar-refractivity contribution in [2.45, 2.75) is 32.3 Å². The fraction of sp³-hybridized carbons (Fsp3) is 0.300. The van der Waals surface area contributed by atoms with Gasteiger partial charge < -0.3 is 9.47 Å². The molecule has 5 nitrogen and oxygen atoms in total. The summed E-state index contributed by atoms with van der Waals surface area (Å²) in [7, 11) is 0. The molecule has 0 aromatic heterocycles. The zero-order valence-electron chi connectivity index (χ0n) is 15.6. The van der Waals surface area contributed by atoms with Crippen LogP contribution in [0, 0.1) is 0 Å². The number of unbranched alkanes of at least 4 members (excludes halogenated alkanes) is 1. The third kappa shape index (κ3) is 7.10. The van der Waals surface area contributed by atoms with Crippen molar-refractivity contribution in [1.82, 2.24) is 5.43 Å². The lowest BCUT2D eigenvalue weighted by molar-refractivity contribution is -0.253. The summed E-state index contributed by atoms with van der Waals surface area (Å²) in [6.45, 7) is 2.72. The molecule has 156 valence electrons. The number of amides is 1. The Hall–Kier alpha value is -3.10. The van der Waals surface area contributed by atoms with Crippen LogP contribution in [0.2, 0.25) is 0 Å². The molecule has 0 saturated heterocycles.